The molecular formula is C17H24FN3. The number of nitrogens with zero attached hydrogens (tertiary/aromatic N) is 2. The Kier molecular flexibility index (Phi) is 4.78. The van der Waals surface area contributed by atoms with Crippen molar-refractivity contribution >= 4 is 0 Å². The van der Waals surface area contributed by atoms with Crippen molar-refractivity contribution in [1.82, 2.24) is 15.1 Å². The summed E-state index contributed by atoms with van der Waals surface area (Å²) in [5, 5.41) is 7.90. The van der Waals surface area contributed by atoms with Crippen molar-refractivity contribution in [3.8, 4) is 0 Å². The lowest BCUT2D eigenvalue weighted by Gasteiger charge is -2.36. The molecule has 0 radical (unpaired) electrons. The summed E-state index contributed by atoms with van der Waals surface area (Å²) >= 11 is 0. The fraction of sp³-hybridized carbons (Fsp3) is 0.471. The molecule has 0 saturated heterocycles. The molecule has 114 valence electrons. The Morgan fingerprint density at radius 2 is 1.90 bits per heavy atom. The summed E-state index contributed by atoms with van der Waals surface area (Å²) in [5.41, 5.74) is 2.08. The average Bonchev–Trinajstić information content (AvgIpc) is 2.86. The highest BCUT2D eigenvalue weighted by Crippen LogP contribution is 2.36. The van der Waals surface area contributed by atoms with Gasteiger partial charge in [0.1, 0.15) is 5.82 Å². The Labute approximate surface area is 126 Å². The van der Waals surface area contributed by atoms with Crippen molar-refractivity contribution in [1.29, 1.82) is 0 Å². The molecule has 2 aromatic rings. The van der Waals surface area contributed by atoms with E-state index in [1.807, 2.05) is 36.1 Å². The van der Waals surface area contributed by atoms with Crippen LogP contribution in [-0.2, 0) is 12.5 Å². The van der Waals surface area contributed by atoms with Crippen LogP contribution < -0.4 is 5.32 Å². The first-order valence-corrected chi connectivity index (χ1v) is 7.44. The molecule has 21 heavy (non-hydrogen) atoms. The lowest BCUT2D eigenvalue weighted by atomic mass is 9.76. The number of hydrogen-bond donors (Lipinski definition) is 1. The van der Waals surface area contributed by atoms with Gasteiger partial charge >= 0.3 is 0 Å². The van der Waals surface area contributed by atoms with Crippen molar-refractivity contribution in [3.63, 3.8) is 0 Å². The van der Waals surface area contributed by atoms with Crippen LogP contribution in [0.2, 0.25) is 0 Å². The molecule has 4 heteroatoms. The molecule has 0 aliphatic heterocycles. The van der Waals surface area contributed by atoms with Crippen molar-refractivity contribution in [2.45, 2.75) is 38.6 Å². The maximum absolute atomic E-state index is 13.2. The first kappa shape index (κ1) is 15.7. The SMILES string of the molecule is CCCNC(c1ccnn1C)C(C)(C)c1ccc(F)cc1. The first-order valence-electron chi connectivity index (χ1n) is 7.44. The minimum Gasteiger partial charge on any atom is -0.308 e. The largest absolute Gasteiger partial charge is 0.308 e. The van der Waals surface area contributed by atoms with E-state index in [1.165, 1.54) is 12.1 Å². The molecule has 1 aromatic carbocycles. The van der Waals surface area contributed by atoms with Gasteiger partial charge in [-0.25, -0.2) is 4.39 Å². The summed E-state index contributed by atoms with van der Waals surface area (Å²) in [6.45, 7) is 7.44. The van der Waals surface area contributed by atoms with Crippen molar-refractivity contribution in [2.24, 2.45) is 7.05 Å². The van der Waals surface area contributed by atoms with Gasteiger partial charge in [0.15, 0.2) is 0 Å². The summed E-state index contributed by atoms with van der Waals surface area (Å²) in [6.07, 6.45) is 2.88. The second-order valence-corrected chi connectivity index (χ2v) is 6.00. The normalized spacial score (nSPS) is 13.4. The number of benzene rings is 1. The summed E-state index contributed by atoms with van der Waals surface area (Å²) in [4.78, 5) is 0. The molecule has 3 nitrogen and oxygen atoms in total. The predicted octanol–water partition coefficient (Wildman–Crippen LogP) is 3.58. The molecule has 0 spiro atoms. The van der Waals surface area contributed by atoms with Gasteiger partial charge in [0.2, 0.25) is 0 Å². The quantitative estimate of drug-likeness (QED) is 0.881. The van der Waals surface area contributed by atoms with E-state index in [4.69, 9.17) is 0 Å². The third kappa shape index (κ3) is 3.32. The third-order valence-corrected chi connectivity index (χ3v) is 4.06. The fourth-order valence-electron chi connectivity index (χ4n) is 2.73. The zero-order valence-electron chi connectivity index (χ0n) is 13.2. The third-order valence-electron chi connectivity index (χ3n) is 4.06. The van der Waals surface area contributed by atoms with E-state index in [9.17, 15) is 4.39 Å². The molecule has 0 aliphatic carbocycles. The van der Waals surface area contributed by atoms with Gasteiger partial charge < -0.3 is 5.32 Å². The number of rotatable bonds is 6. The number of aromatic nitrogens is 2. The lowest BCUT2D eigenvalue weighted by molar-refractivity contribution is 0.332. The summed E-state index contributed by atoms with van der Waals surface area (Å²) in [6, 6.07) is 8.95. The maximum atomic E-state index is 13.2. The number of nitrogens with one attached hydrogen (secondary N) is 1. The van der Waals surface area contributed by atoms with Gasteiger partial charge in [-0.2, -0.15) is 5.10 Å². The van der Waals surface area contributed by atoms with E-state index < -0.39 is 0 Å². The average molecular weight is 289 g/mol. The standard InChI is InChI=1S/C17H24FN3/c1-5-11-19-16(15-10-12-20-21(15)4)17(2,3)13-6-8-14(18)9-7-13/h6-10,12,16,19H,5,11H2,1-4H3. The molecule has 0 saturated carbocycles. The fourth-order valence-corrected chi connectivity index (χ4v) is 2.73. The molecule has 2 rings (SSSR count). The van der Waals surface area contributed by atoms with E-state index in [0.717, 1.165) is 24.2 Å². The van der Waals surface area contributed by atoms with Crippen LogP contribution in [0.25, 0.3) is 0 Å². The molecule has 1 atom stereocenters. The number of aryl methyl sites for hydroxylation is 1. The van der Waals surface area contributed by atoms with Gasteiger partial charge in [0.05, 0.1) is 11.7 Å². The van der Waals surface area contributed by atoms with Crippen molar-refractivity contribution in [3.05, 3.63) is 53.6 Å². The lowest BCUT2D eigenvalue weighted by Crippen LogP contribution is -2.39. The Hall–Kier alpha value is -1.68. The molecule has 1 aromatic heterocycles. The van der Waals surface area contributed by atoms with Crippen LogP contribution in [0, 0.1) is 5.82 Å². The van der Waals surface area contributed by atoms with E-state index in [2.05, 4.69) is 31.2 Å². The van der Waals surface area contributed by atoms with Crippen LogP contribution in [0.15, 0.2) is 36.5 Å². The van der Waals surface area contributed by atoms with Gasteiger partial charge in [-0.3, -0.25) is 4.68 Å². The van der Waals surface area contributed by atoms with Crippen LogP contribution >= 0.6 is 0 Å². The second kappa shape index (κ2) is 6.39. The molecule has 1 heterocycles. The first-order chi connectivity index (χ1) is 9.96. The Morgan fingerprint density at radius 3 is 2.43 bits per heavy atom. The smallest absolute Gasteiger partial charge is 0.123 e. The second-order valence-electron chi connectivity index (χ2n) is 6.00. The Balaban J connectivity index is 2.39. The molecule has 0 fully saturated rings. The van der Waals surface area contributed by atoms with Crippen LogP contribution in [0.5, 0.6) is 0 Å². The minimum absolute atomic E-state index is 0.121. The van der Waals surface area contributed by atoms with Gasteiger partial charge in [-0.1, -0.05) is 32.9 Å². The Morgan fingerprint density at radius 1 is 1.24 bits per heavy atom. The van der Waals surface area contributed by atoms with Gasteiger partial charge in [-0.05, 0) is 36.7 Å². The zero-order chi connectivity index (χ0) is 15.5. The van der Waals surface area contributed by atoms with Crippen LogP contribution in [-0.4, -0.2) is 16.3 Å². The van der Waals surface area contributed by atoms with Crippen molar-refractivity contribution < 1.29 is 4.39 Å². The zero-order valence-corrected chi connectivity index (χ0v) is 13.2. The van der Waals surface area contributed by atoms with Crippen molar-refractivity contribution in [2.75, 3.05) is 6.54 Å². The summed E-state index contributed by atoms with van der Waals surface area (Å²) in [5.74, 6) is -0.201. The minimum atomic E-state index is -0.201. The summed E-state index contributed by atoms with van der Waals surface area (Å²) < 4.78 is 15.1. The highest BCUT2D eigenvalue weighted by Gasteiger charge is 2.33. The van der Waals surface area contributed by atoms with Crippen LogP contribution in [0.1, 0.15) is 44.5 Å². The molecule has 1 unspecified atom stereocenters. The highest BCUT2D eigenvalue weighted by molar-refractivity contribution is 5.29. The van der Waals surface area contributed by atoms with E-state index in [1.54, 1.807) is 0 Å². The maximum Gasteiger partial charge on any atom is 0.123 e. The van der Waals surface area contributed by atoms with Crippen LogP contribution in [0.3, 0.4) is 0 Å². The number of hydrogen-bond acceptors (Lipinski definition) is 2. The molecular weight excluding hydrogens is 265 g/mol. The van der Waals surface area contributed by atoms with Gasteiger partial charge in [0.25, 0.3) is 0 Å². The topological polar surface area (TPSA) is 29.9 Å². The summed E-state index contributed by atoms with van der Waals surface area (Å²) in [7, 11) is 1.96. The molecule has 0 bridgehead atoms. The molecule has 0 amide bonds. The van der Waals surface area contributed by atoms with Crippen LogP contribution in [0.4, 0.5) is 4.39 Å². The van der Waals surface area contributed by atoms with Gasteiger partial charge in [0, 0.05) is 18.7 Å². The van der Waals surface area contributed by atoms with E-state index in [0.29, 0.717) is 0 Å². The molecule has 0 aliphatic rings. The highest BCUT2D eigenvalue weighted by atomic mass is 19.1. The molecule has 1 N–H and O–H groups in total. The van der Waals surface area contributed by atoms with Gasteiger partial charge in [-0.15, -0.1) is 0 Å². The van der Waals surface area contributed by atoms with E-state index in [-0.39, 0.29) is 17.3 Å². The van der Waals surface area contributed by atoms with E-state index >= 15 is 0 Å². The predicted molar refractivity (Wildman–Crippen MR) is 83.7 cm³/mol. The Bertz CT molecular complexity index is 572. The monoisotopic (exact) mass is 289 g/mol. The number of halogens is 1.